The molecule has 0 saturated carbocycles. The molecule has 0 radical (unpaired) electrons. The lowest BCUT2D eigenvalue weighted by atomic mass is 10.0. The van der Waals surface area contributed by atoms with Crippen molar-refractivity contribution < 1.29 is 26.7 Å². The summed E-state index contributed by atoms with van der Waals surface area (Å²) < 4.78 is 67.2. The zero-order valence-electron chi connectivity index (χ0n) is 9.17. The molecule has 0 spiro atoms. The van der Waals surface area contributed by atoms with Gasteiger partial charge in [0.1, 0.15) is 5.75 Å². The van der Waals surface area contributed by atoms with E-state index in [0.717, 1.165) is 12.1 Å². The van der Waals surface area contributed by atoms with E-state index in [9.17, 15) is 22.0 Å². The number of halogens is 6. The van der Waals surface area contributed by atoms with Gasteiger partial charge >= 0.3 is 6.18 Å². The number of ether oxygens (including phenoxy) is 1. The van der Waals surface area contributed by atoms with Crippen LogP contribution in [0, 0.1) is 0 Å². The van der Waals surface area contributed by atoms with Gasteiger partial charge in [0, 0.05) is 0 Å². The van der Waals surface area contributed by atoms with E-state index >= 15 is 0 Å². The molecule has 1 aromatic rings. The number of hydrogen-bond acceptors (Lipinski definition) is 2. The van der Waals surface area contributed by atoms with Crippen LogP contribution in [0.5, 0.6) is 5.75 Å². The zero-order chi connectivity index (χ0) is 13.2. The molecule has 2 nitrogen and oxygen atoms in total. The van der Waals surface area contributed by atoms with Crippen molar-refractivity contribution in [1.82, 2.24) is 0 Å². The Hall–Kier alpha value is -1.08. The van der Waals surface area contributed by atoms with Crippen molar-refractivity contribution in [3.05, 3.63) is 29.3 Å². The Morgan fingerprint density at radius 2 is 1.78 bits per heavy atom. The number of hydrogen-bond donors (Lipinski definition) is 1. The maximum Gasteiger partial charge on any atom is 0.416 e. The number of rotatable bonds is 3. The van der Waals surface area contributed by atoms with Crippen molar-refractivity contribution >= 4 is 12.4 Å². The standard InChI is InChI=1S/C10H10F5NO.ClH/c1-17-5-2-3-6(8(16)9(11)12)7(4-5)10(13,14)15;/h2-4,8-9H,16H2,1H3;1H/t8-;/m0./s1. The minimum atomic E-state index is -4.75. The summed E-state index contributed by atoms with van der Waals surface area (Å²) in [5.41, 5.74) is 3.19. The second-order valence-corrected chi connectivity index (χ2v) is 3.31. The molecule has 0 aliphatic carbocycles. The molecule has 1 rings (SSSR count). The highest BCUT2D eigenvalue weighted by Crippen LogP contribution is 2.37. The summed E-state index contributed by atoms with van der Waals surface area (Å²) in [6.45, 7) is 0. The van der Waals surface area contributed by atoms with E-state index in [4.69, 9.17) is 5.73 Å². The maximum atomic E-state index is 12.6. The highest BCUT2D eigenvalue weighted by molar-refractivity contribution is 5.85. The Morgan fingerprint density at radius 1 is 1.22 bits per heavy atom. The molecule has 0 bridgehead atoms. The predicted octanol–water partition coefficient (Wildman–Crippen LogP) is 3.40. The van der Waals surface area contributed by atoms with Crippen molar-refractivity contribution in [2.75, 3.05) is 7.11 Å². The Labute approximate surface area is 106 Å². The van der Waals surface area contributed by atoms with Crippen molar-refractivity contribution in [3.8, 4) is 5.75 Å². The molecular weight excluding hydrogens is 281 g/mol. The van der Waals surface area contributed by atoms with Crippen LogP contribution in [0.3, 0.4) is 0 Å². The fraction of sp³-hybridized carbons (Fsp3) is 0.400. The highest BCUT2D eigenvalue weighted by Gasteiger charge is 2.36. The van der Waals surface area contributed by atoms with Gasteiger partial charge in [-0.05, 0) is 17.7 Å². The molecule has 0 unspecified atom stereocenters. The molecule has 0 aromatic heterocycles. The topological polar surface area (TPSA) is 35.2 Å². The third kappa shape index (κ3) is 3.71. The molecule has 0 saturated heterocycles. The van der Waals surface area contributed by atoms with Crippen LogP contribution in [0.15, 0.2) is 18.2 Å². The van der Waals surface area contributed by atoms with Gasteiger partial charge in [-0.3, -0.25) is 0 Å². The molecule has 0 heterocycles. The van der Waals surface area contributed by atoms with Crippen molar-refractivity contribution in [3.63, 3.8) is 0 Å². The molecule has 0 aliphatic rings. The largest absolute Gasteiger partial charge is 0.497 e. The molecule has 0 amide bonds. The van der Waals surface area contributed by atoms with Gasteiger partial charge in [0.15, 0.2) is 0 Å². The lowest BCUT2D eigenvalue weighted by Crippen LogP contribution is -2.23. The van der Waals surface area contributed by atoms with E-state index in [-0.39, 0.29) is 18.2 Å². The first-order valence-electron chi connectivity index (χ1n) is 4.56. The summed E-state index contributed by atoms with van der Waals surface area (Å²) in [5, 5.41) is 0. The Balaban J connectivity index is 0.00000289. The van der Waals surface area contributed by atoms with Gasteiger partial charge in [-0.2, -0.15) is 13.2 Å². The van der Waals surface area contributed by atoms with E-state index in [1.54, 1.807) is 0 Å². The lowest BCUT2D eigenvalue weighted by Gasteiger charge is -2.18. The number of nitrogens with two attached hydrogens (primary N) is 1. The van der Waals surface area contributed by atoms with E-state index in [1.165, 1.54) is 7.11 Å². The van der Waals surface area contributed by atoms with Crippen LogP contribution in [0.1, 0.15) is 17.2 Å². The molecular formula is C10H11ClF5NO. The van der Waals surface area contributed by atoms with E-state index in [1.807, 2.05) is 0 Å². The van der Waals surface area contributed by atoms with Crippen LogP contribution in [0.2, 0.25) is 0 Å². The summed E-state index contributed by atoms with van der Waals surface area (Å²) in [4.78, 5) is 0. The molecule has 1 atom stereocenters. The first-order chi connectivity index (χ1) is 7.77. The molecule has 1 aromatic carbocycles. The minimum absolute atomic E-state index is 0. The number of benzene rings is 1. The Morgan fingerprint density at radius 3 is 2.17 bits per heavy atom. The number of alkyl halides is 5. The van der Waals surface area contributed by atoms with Crippen LogP contribution < -0.4 is 10.5 Å². The van der Waals surface area contributed by atoms with Gasteiger partial charge in [0.25, 0.3) is 6.43 Å². The average Bonchev–Trinajstić information content (AvgIpc) is 2.26. The quantitative estimate of drug-likeness (QED) is 0.866. The average molecular weight is 292 g/mol. The zero-order valence-corrected chi connectivity index (χ0v) is 9.99. The fourth-order valence-corrected chi connectivity index (χ4v) is 1.33. The van der Waals surface area contributed by atoms with E-state index in [0.29, 0.717) is 6.07 Å². The summed E-state index contributed by atoms with van der Waals surface area (Å²) in [6.07, 6.45) is -7.82. The monoisotopic (exact) mass is 291 g/mol. The van der Waals surface area contributed by atoms with Gasteiger partial charge in [0.05, 0.1) is 18.7 Å². The van der Waals surface area contributed by atoms with Crippen molar-refractivity contribution in [1.29, 1.82) is 0 Å². The van der Waals surface area contributed by atoms with Crippen molar-refractivity contribution in [2.24, 2.45) is 5.73 Å². The summed E-state index contributed by atoms with van der Waals surface area (Å²) in [5.74, 6) is -0.0671. The summed E-state index contributed by atoms with van der Waals surface area (Å²) in [7, 11) is 1.18. The van der Waals surface area contributed by atoms with Crippen LogP contribution in [0.4, 0.5) is 22.0 Å². The third-order valence-corrected chi connectivity index (χ3v) is 2.20. The fourth-order valence-electron chi connectivity index (χ4n) is 1.33. The van der Waals surface area contributed by atoms with Crippen molar-refractivity contribution in [2.45, 2.75) is 18.6 Å². The van der Waals surface area contributed by atoms with Gasteiger partial charge in [-0.15, -0.1) is 12.4 Å². The van der Waals surface area contributed by atoms with Gasteiger partial charge in [0.2, 0.25) is 0 Å². The molecule has 18 heavy (non-hydrogen) atoms. The highest BCUT2D eigenvalue weighted by atomic mass is 35.5. The van der Waals surface area contributed by atoms with Crippen LogP contribution in [0.25, 0.3) is 0 Å². The number of methoxy groups -OCH3 is 1. The second kappa shape index (κ2) is 6.19. The Kier molecular flexibility index (Phi) is 5.82. The summed E-state index contributed by atoms with van der Waals surface area (Å²) in [6, 6.07) is 0.737. The lowest BCUT2D eigenvalue weighted by molar-refractivity contribution is -0.138. The minimum Gasteiger partial charge on any atom is -0.497 e. The maximum absolute atomic E-state index is 12.6. The molecule has 0 fully saturated rings. The van der Waals surface area contributed by atoms with Gasteiger partial charge in [-0.1, -0.05) is 6.07 Å². The SMILES string of the molecule is COc1ccc([C@H](N)C(F)F)c(C(F)(F)F)c1.Cl. The smallest absolute Gasteiger partial charge is 0.416 e. The second-order valence-electron chi connectivity index (χ2n) is 3.31. The summed E-state index contributed by atoms with van der Waals surface area (Å²) >= 11 is 0. The predicted molar refractivity (Wildman–Crippen MR) is 58.2 cm³/mol. The van der Waals surface area contributed by atoms with E-state index in [2.05, 4.69) is 4.74 Å². The van der Waals surface area contributed by atoms with Gasteiger partial charge in [-0.25, -0.2) is 8.78 Å². The molecule has 8 heteroatoms. The molecule has 0 aliphatic heterocycles. The first-order valence-corrected chi connectivity index (χ1v) is 4.56. The third-order valence-electron chi connectivity index (χ3n) is 2.20. The normalized spacial score (nSPS) is 13.1. The Bertz CT molecular complexity index is 396. The first kappa shape index (κ1) is 16.9. The van der Waals surface area contributed by atoms with Crippen LogP contribution in [-0.4, -0.2) is 13.5 Å². The molecule has 2 N–H and O–H groups in total. The van der Waals surface area contributed by atoms with E-state index < -0.39 is 29.8 Å². The van der Waals surface area contributed by atoms with Crippen LogP contribution in [-0.2, 0) is 6.18 Å². The van der Waals surface area contributed by atoms with Gasteiger partial charge < -0.3 is 10.5 Å². The van der Waals surface area contributed by atoms with Crippen LogP contribution >= 0.6 is 12.4 Å². The molecule has 104 valence electrons.